The van der Waals surface area contributed by atoms with Crippen LogP contribution >= 0.6 is 11.6 Å². The molecular formula is C23H22ClF3N4O2. The number of carbonyl (C=O) groups excluding carboxylic acids is 1. The Kier molecular flexibility index (Phi) is 6.11. The molecule has 1 amide bonds. The van der Waals surface area contributed by atoms with Crippen LogP contribution in [0.25, 0.3) is 0 Å². The summed E-state index contributed by atoms with van der Waals surface area (Å²) in [7, 11) is 0. The molecule has 0 saturated heterocycles. The molecule has 4 rings (SSSR count). The number of aliphatic hydroxyl groups is 1. The highest BCUT2D eigenvalue weighted by Crippen LogP contribution is 2.46. The lowest BCUT2D eigenvalue weighted by Gasteiger charge is -2.33. The Labute approximate surface area is 193 Å². The number of amides is 1. The summed E-state index contributed by atoms with van der Waals surface area (Å²) in [5.41, 5.74) is 2.41. The van der Waals surface area contributed by atoms with E-state index in [9.17, 15) is 23.1 Å². The predicted molar refractivity (Wildman–Crippen MR) is 120 cm³/mol. The number of benzene rings is 2. The van der Waals surface area contributed by atoms with Gasteiger partial charge in [-0.25, -0.2) is 4.68 Å². The van der Waals surface area contributed by atoms with Gasteiger partial charge in [-0.05, 0) is 37.1 Å². The van der Waals surface area contributed by atoms with Crippen LogP contribution in [0, 0.1) is 6.92 Å². The number of nitrogens with zero attached hydrogens (tertiary/aromatic N) is 2. The van der Waals surface area contributed by atoms with E-state index in [4.69, 9.17) is 11.6 Å². The first-order chi connectivity index (χ1) is 15.5. The van der Waals surface area contributed by atoms with Crippen molar-refractivity contribution >= 4 is 29.0 Å². The molecule has 174 valence electrons. The Bertz CT molecular complexity index is 1160. The van der Waals surface area contributed by atoms with Crippen LogP contribution in [-0.2, 0) is 0 Å². The first-order valence-corrected chi connectivity index (χ1v) is 10.7. The van der Waals surface area contributed by atoms with Crippen molar-refractivity contribution in [2.24, 2.45) is 0 Å². The van der Waals surface area contributed by atoms with Gasteiger partial charge in [0.25, 0.3) is 5.91 Å². The van der Waals surface area contributed by atoms with Gasteiger partial charge in [-0.15, -0.1) is 0 Å². The van der Waals surface area contributed by atoms with Crippen molar-refractivity contribution in [2.45, 2.75) is 44.6 Å². The molecule has 0 radical (unpaired) electrons. The number of nitrogens with one attached hydrogen (secondary N) is 2. The quantitative estimate of drug-likeness (QED) is 0.442. The van der Waals surface area contributed by atoms with Crippen molar-refractivity contribution in [3.8, 4) is 0 Å². The molecule has 2 aromatic carbocycles. The third kappa shape index (κ3) is 4.69. The summed E-state index contributed by atoms with van der Waals surface area (Å²) >= 11 is 6.36. The fourth-order valence-electron chi connectivity index (χ4n) is 3.79. The Morgan fingerprint density at radius 3 is 2.42 bits per heavy atom. The number of fused-ring (bicyclic) bond motifs is 1. The molecule has 1 aliphatic rings. The van der Waals surface area contributed by atoms with Crippen LogP contribution in [0.15, 0.2) is 48.5 Å². The highest BCUT2D eigenvalue weighted by atomic mass is 35.5. The topological polar surface area (TPSA) is 79.2 Å². The van der Waals surface area contributed by atoms with Gasteiger partial charge in [-0.3, -0.25) is 4.79 Å². The summed E-state index contributed by atoms with van der Waals surface area (Å²) in [4.78, 5) is 12.8. The molecule has 0 fully saturated rings. The average molecular weight is 479 g/mol. The summed E-state index contributed by atoms with van der Waals surface area (Å²) in [6.07, 6.45) is -5.55. The van der Waals surface area contributed by atoms with E-state index in [1.165, 1.54) is 0 Å². The van der Waals surface area contributed by atoms with Crippen molar-refractivity contribution < 1.29 is 23.1 Å². The standard InChI is InChI=1S/C23H22ClF3N4O2/c1-12-3-5-15(6-4-12)17-11-18(23(25,26)27)31-21(29-17)19(24)20(30-31)22(33)28-16-9-7-14(8-10-16)13(2)32/h3-10,13,17-18,29,32H,11H2,1-2H3,(H,28,33)/t13-,17-,18+/m0/s1. The van der Waals surface area contributed by atoms with E-state index in [1.807, 2.05) is 19.1 Å². The van der Waals surface area contributed by atoms with Gasteiger partial charge in [-0.2, -0.15) is 18.3 Å². The minimum absolute atomic E-state index is 0.0505. The maximum absolute atomic E-state index is 13.9. The molecule has 3 aromatic rings. The number of hydrogen-bond donors (Lipinski definition) is 3. The number of rotatable bonds is 4. The lowest BCUT2D eigenvalue weighted by Crippen LogP contribution is -2.35. The molecule has 1 aliphatic heterocycles. The van der Waals surface area contributed by atoms with Gasteiger partial charge in [0.2, 0.25) is 0 Å². The van der Waals surface area contributed by atoms with Crippen LogP contribution in [0.4, 0.5) is 24.7 Å². The summed E-state index contributed by atoms with van der Waals surface area (Å²) < 4.78 is 42.5. The average Bonchev–Trinajstić information content (AvgIpc) is 3.10. The maximum atomic E-state index is 13.9. The molecule has 0 saturated carbocycles. The monoisotopic (exact) mass is 478 g/mol. The second-order valence-electron chi connectivity index (χ2n) is 8.11. The molecule has 3 N–H and O–H groups in total. The summed E-state index contributed by atoms with van der Waals surface area (Å²) in [5, 5.41) is 19.0. The van der Waals surface area contributed by atoms with Crippen LogP contribution in [0.2, 0.25) is 5.02 Å². The number of alkyl halides is 3. The van der Waals surface area contributed by atoms with Gasteiger partial charge in [-0.1, -0.05) is 53.6 Å². The molecule has 10 heteroatoms. The molecule has 1 aromatic heterocycles. The number of hydrogen-bond acceptors (Lipinski definition) is 4. The number of aryl methyl sites for hydroxylation is 1. The minimum Gasteiger partial charge on any atom is -0.389 e. The fourth-order valence-corrected chi connectivity index (χ4v) is 4.05. The Morgan fingerprint density at radius 2 is 1.85 bits per heavy atom. The highest BCUT2D eigenvalue weighted by Gasteiger charge is 2.47. The third-order valence-electron chi connectivity index (χ3n) is 5.64. The second-order valence-corrected chi connectivity index (χ2v) is 8.49. The predicted octanol–water partition coefficient (Wildman–Crippen LogP) is 5.81. The molecule has 33 heavy (non-hydrogen) atoms. The van der Waals surface area contributed by atoms with Crippen molar-refractivity contribution in [3.63, 3.8) is 0 Å². The molecule has 0 aliphatic carbocycles. The molecular weight excluding hydrogens is 457 g/mol. The van der Waals surface area contributed by atoms with E-state index < -0.39 is 30.3 Å². The van der Waals surface area contributed by atoms with Gasteiger partial charge in [0.05, 0.1) is 12.1 Å². The zero-order valence-electron chi connectivity index (χ0n) is 17.8. The zero-order chi connectivity index (χ0) is 23.9. The molecule has 2 heterocycles. The largest absolute Gasteiger partial charge is 0.410 e. The minimum atomic E-state index is -4.58. The third-order valence-corrected chi connectivity index (χ3v) is 6.00. The number of anilines is 2. The summed E-state index contributed by atoms with van der Waals surface area (Å²) in [5.74, 6) is -0.785. The summed E-state index contributed by atoms with van der Waals surface area (Å²) in [6, 6.07) is 11.0. The van der Waals surface area contributed by atoms with Crippen molar-refractivity contribution in [1.29, 1.82) is 0 Å². The molecule has 3 atom stereocenters. The Balaban J connectivity index is 1.65. The van der Waals surface area contributed by atoms with E-state index in [0.717, 1.165) is 10.2 Å². The van der Waals surface area contributed by atoms with Gasteiger partial charge in [0.15, 0.2) is 11.7 Å². The van der Waals surface area contributed by atoms with E-state index in [2.05, 4.69) is 15.7 Å². The SMILES string of the molecule is Cc1ccc([C@@H]2C[C@H](C(F)(F)F)n3nc(C(=O)Nc4ccc([C@H](C)O)cc4)c(Cl)c3N2)cc1. The van der Waals surface area contributed by atoms with Gasteiger partial charge in [0, 0.05) is 12.1 Å². The lowest BCUT2D eigenvalue weighted by atomic mass is 9.96. The van der Waals surface area contributed by atoms with Crippen LogP contribution < -0.4 is 10.6 Å². The zero-order valence-corrected chi connectivity index (χ0v) is 18.6. The summed E-state index contributed by atoms with van der Waals surface area (Å²) in [6.45, 7) is 3.50. The molecule has 0 bridgehead atoms. The fraction of sp³-hybridized carbons (Fsp3) is 0.304. The van der Waals surface area contributed by atoms with E-state index in [0.29, 0.717) is 16.8 Å². The Morgan fingerprint density at radius 1 is 1.21 bits per heavy atom. The van der Waals surface area contributed by atoms with E-state index in [1.54, 1.807) is 43.3 Å². The number of carbonyl (C=O) groups is 1. The number of aromatic nitrogens is 2. The Hall–Kier alpha value is -3.04. The van der Waals surface area contributed by atoms with Crippen molar-refractivity contribution in [2.75, 3.05) is 10.6 Å². The number of halogens is 4. The van der Waals surface area contributed by atoms with Crippen molar-refractivity contribution in [3.05, 3.63) is 75.9 Å². The van der Waals surface area contributed by atoms with Gasteiger partial charge >= 0.3 is 6.18 Å². The maximum Gasteiger partial charge on any atom is 0.410 e. The van der Waals surface area contributed by atoms with Crippen LogP contribution in [-0.4, -0.2) is 27.0 Å². The normalized spacial score (nSPS) is 18.9. The first-order valence-electron chi connectivity index (χ1n) is 10.3. The van der Waals surface area contributed by atoms with Gasteiger partial charge < -0.3 is 15.7 Å². The van der Waals surface area contributed by atoms with Crippen molar-refractivity contribution in [1.82, 2.24) is 9.78 Å². The van der Waals surface area contributed by atoms with Crippen LogP contribution in [0.1, 0.15) is 58.7 Å². The first kappa shape index (κ1) is 23.1. The van der Waals surface area contributed by atoms with Crippen LogP contribution in [0.3, 0.4) is 0 Å². The number of aliphatic hydroxyl groups excluding tert-OH is 1. The smallest absolute Gasteiger partial charge is 0.389 e. The molecule has 6 nitrogen and oxygen atoms in total. The lowest BCUT2D eigenvalue weighted by molar-refractivity contribution is -0.173. The molecule has 0 spiro atoms. The van der Waals surface area contributed by atoms with E-state index >= 15 is 0 Å². The second kappa shape index (κ2) is 8.72. The van der Waals surface area contributed by atoms with Crippen LogP contribution in [0.5, 0.6) is 0 Å². The highest BCUT2D eigenvalue weighted by molar-refractivity contribution is 6.36. The van der Waals surface area contributed by atoms with E-state index in [-0.39, 0.29) is 23.0 Å². The molecule has 0 unspecified atom stereocenters. The van der Waals surface area contributed by atoms with Gasteiger partial charge in [0.1, 0.15) is 10.8 Å².